The van der Waals surface area contributed by atoms with Crippen molar-refractivity contribution >= 4 is 28.4 Å². The summed E-state index contributed by atoms with van der Waals surface area (Å²) in [5, 5.41) is 4.67. The maximum Gasteiger partial charge on any atom is 0.127 e. The predicted molar refractivity (Wildman–Crippen MR) is 113 cm³/mol. The quantitative estimate of drug-likeness (QED) is 0.424. The van der Waals surface area contributed by atoms with Gasteiger partial charge in [0.25, 0.3) is 0 Å². The van der Waals surface area contributed by atoms with Crippen molar-refractivity contribution in [3.05, 3.63) is 36.0 Å². The van der Waals surface area contributed by atoms with Crippen molar-refractivity contribution in [1.82, 2.24) is 14.7 Å². The van der Waals surface area contributed by atoms with Gasteiger partial charge in [0.2, 0.25) is 0 Å². The number of ether oxygens (including phenoxy) is 1. The summed E-state index contributed by atoms with van der Waals surface area (Å²) in [6.45, 7) is 7.09. The second-order valence-electron chi connectivity index (χ2n) is 6.31. The van der Waals surface area contributed by atoms with Crippen LogP contribution in [-0.2, 0) is 0 Å². The summed E-state index contributed by atoms with van der Waals surface area (Å²) < 4.78 is 8.01. The highest BCUT2D eigenvalue weighted by atomic mass is 127. The summed E-state index contributed by atoms with van der Waals surface area (Å²) >= 11 is 2.43. The standard InChI is InChI=1S/C19H29IN4O/c1-4-6-17(20)18-14-19(21)24(22-18)15-7-9-16(10-8-15)25-13-12-23(3)11-5-2/h7-10,14,17H,4-6,11-13,21H2,1-3H3. The first-order valence-corrected chi connectivity index (χ1v) is 10.2. The van der Waals surface area contributed by atoms with Gasteiger partial charge in [-0.1, -0.05) is 42.9 Å². The summed E-state index contributed by atoms with van der Waals surface area (Å²) in [4.78, 5) is 2.27. The van der Waals surface area contributed by atoms with E-state index in [4.69, 9.17) is 10.5 Å². The SMILES string of the molecule is CCCC(I)c1cc(N)n(-c2ccc(OCCN(C)CCC)cc2)n1. The molecule has 0 amide bonds. The molecule has 2 rings (SSSR count). The molecule has 0 aliphatic heterocycles. The molecular weight excluding hydrogens is 427 g/mol. The molecule has 25 heavy (non-hydrogen) atoms. The molecule has 0 aliphatic carbocycles. The molecule has 6 heteroatoms. The van der Waals surface area contributed by atoms with Crippen LogP contribution in [0.2, 0.25) is 0 Å². The van der Waals surface area contributed by atoms with Gasteiger partial charge in [0, 0.05) is 12.6 Å². The molecule has 0 aliphatic rings. The van der Waals surface area contributed by atoms with E-state index in [0.29, 0.717) is 16.3 Å². The third-order valence-electron chi connectivity index (χ3n) is 4.05. The second kappa shape index (κ2) is 10.0. The molecule has 0 bridgehead atoms. The first-order valence-electron chi connectivity index (χ1n) is 8.96. The number of anilines is 1. The first kappa shape index (κ1) is 20.0. The van der Waals surface area contributed by atoms with Crippen LogP contribution in [-0.4, -0.2) is 41.4 Å². The van der Waals surface area contributed by atoms with Crippen LogP contribution >= 0.6 is 22.6 Å². The highest BCUT2D eigenvalue weighted by Gasteiger charge is 2.13. The summed E-state index contributed by atoms with van der Waals surface area (Å²) in [6.07, 6.45) is 3.41. The molecule has 0 saturated carbocycles. The van der Waals surface area contributed by atoms with Crippen molar-refractivity contribution < 1.29 is 4.74 Å². The molecule has 0 saturated heterocycles. The molecule has 1 aromatic carbocycles. The van der Waals surface area contributed by atoms with E-state index in [9.17, 15) is 0 Å². The van der Waals surface area contributed by atoms with E-state index in [0.717, 1.165) is 49.5 Å². The second-order valence-corrected chi connectivity index (χ2v) is 7.81. The van der Waals surface area contributed by atoms with Crippen LogP contribution in [0.1, 0.15) is 42.7 Å². The summed E-state index contributed by atoms with van der Waals surface area (Å²) in [7, 11) is 2.12. The number of nitrogens with two attached hydrogens (primary N) is 1. The molecule has 0 fully saturated rings. The van der Waals surface area contributed by atoms with Gasteiger partial charge in [-0.15, -0.1) is 0 Å². The van der Waals surface area contributed by atoms with Gasteiger partial charge in [-0.05, 0) is 50.7 Å². The van der Waals surface area contributed by atoms with Crippen LogP contribution in [0.5, 0.6) is 5.75 Å². The minimum absolute atomic E-state index is 0.397. The number of aromatic nitrogens is 2. The zero-order valence-corrected chi connectivity index (χ0v) is 17.6. The van der Waals surface area contributed by atoms with Gasteiger partial charge in [-0.3, -0.25) is 0 Å². The van der Waals surface area contributed by atoms with Gasteiger partial charge in [0.05, 0.1) is 15.3 Å². The van der Waals surface area contributed by atoms with E-state index in [1.807, 2.05) is 30.3 Å². The molecule has 1 heterocycles. The maximum absolute atomic E-state index is 6.15. The molecule has 2 aromatic rings. The number of nitrogens with zero attached hydrogens (tertiary/aromatic N) is 3. The van der Waals surface area contributed by atoms with E-state index in [2.05, 4.69) is 53.5 Å². The van der Waals surface area contributed by atoms with Crippen LogP contribution in [0.15, 0.2) is 30.3 Å². The van der Waals surface area contributed by atoms with Crippen LogP contribution in [0, 0.1) is 0 Å². The topological polar surface area (TPSA) is 56.3 Å². The van der Waals surface area contributed by atoms with Gasteiger partial charge in [0.15, 0.2) is 0 Å². The monoisotopic (exact) mass is 456 g/mol. The highest BCUT2D eigenvalue weighted by molar-refractivity contribution is 14.1. The number of hydrogen-bond donors (Lipinski definition) is 1. The zero-order chi connectivity index (χ0) is 18.2. The average Bonchev–Trinajstić information content (AvgIpc) is 2.98. The largest absolute Gasteiger partial charge is 0.492 e. The van der Waals surface area contributed by atoms with Gasteiger partial charge < -0.3 is 15.4 Å². The van der Waals surface area contributed by atoms with E-state index in [1.54, 1.807) is 4.68 Å². The molecule has 0 spiro atoms. The zero-order valence-electron chi connectivity index (χ0n) is 15.4. The fourth-order valence-electron chi connectivity index (χ4n) is 2.67. The molecule has 5 nitrogen and oxygen atoms in total. The lowest BCUT2D eigenvalue weighted by Gasteiger charge is -2.15. The van der Waals surface area contributed by atoms with Gasteiger partial charge in [0.1, 0.15) is 18.2 Å². The lowest BCUT2D eigenvalue weighted by molar-refractivity contribution is 0.237. The van der Waals surface area contributed by atoms with Crippen molar-refractivity contribution in [2.45, 2.75) is 37.0 Å². The Bertz CT molecular complexity index is 641. The number of hydrogen-bond acceptors (Lipinski definition) is 4. The highest BCUT2D eigenvalue weighted by Crippen LogP contribution is 2.29. The lowest BCUT2D eigenvalue weighted by Crippen LogP contribution is -2.24. The van der Waals surface area contributed by atoms with E-state index in [1.165, 1.54) is 0 Å². The summed E-state index contributed by atoms with van der Waals surface area (Å²) in [5.74, 6) is 1.54. The van der Waals surface area contributed by atoms with Crippen molar-refractivity contribution in [3.8, 4) is 11.4 Å². The number of alkyl halides is 1. The number of likely N-dealkylation sites (N-methyl/N-ethyl adjacent to an activating group) is 1. The van der Waals surface area contributed by atoms with Crippen LogP contribution in [0.25, 0.3) is 5.69 Å². The maximum atomic E-state index is 6.15. The van der Waals surface area contributed by atoms with Crippen molar-refractivity contribution in [2.75, 3.05) is 32.5 Å². The molecule has 1 atom stereocenters. The van der Waals surface area contributed by atoms with Gasteiger partial charge >= 0.3 is 0 Å². The van der Waals surface area contributed by atoms with Crippen LogP contribution in [0.3, 0.4) is 0 Å². The fourth-order valence-corrected chi connectivity index (χ4v) is 3.60. The number of nitrogen functional groups attached to an aromatic ring is 1. The minimum atomic E-state index is 0.397. The number of benzene rings is 1. The molecule has 1 unspecified atom stereocenters. The number of halogens is 1. The van der Waals surface area contributed by atoms with E-state index in [-0.39, 0.29) is 0 Å². The smallest absolute Gasteiger partial charge is 0.127 e. The Hall–Kier alpha value is -1.28. The van der Waals surface area contributed by atoms with Crippen molar-refractivity contribution in [2.24, 2.45) is 0 Å². The Kier molecular flexibility index (Phi) is 8.02. The van der Waals surface area contributed by atoms with E-state index < -0.39 is 0 Å². The third-order valence-corrected chi connectivity index (χ3v) is 5.31. The summed E-state index contributed by atoms with van der Waals surface area (Å²) in [5.41, 5.74) is 8.15. The fraction of sp³-hybridized carbons (Fsp3) is 0.526. The Labute approximate surface area is 164 Å². The molecule has 138 valence electrons. The Balaban J connectivity index is 1.98. The molecule has 1 aromatic heterocycles. The normalized spacial score (nSPS) is 12.5. The van der Waals surface area contributed by atoms with Crippen LogP contribution in [0.4, 0.5) is 5.82 Å². The predicted octanol–water partition coefficient (Wildman–Crippen LogP) is 4.45. The van der Waals surface area contributed by atoms with Gasteiger partial charge in [-0.2, -0.15) is 5.10 Å². The van der Waals surface area contributed by atoms with Crippen molar-refractivity contribution in [3.63, 3.8) is 0 Å². The summed E-state index contributed by atoms with van der Waals surface area (Å²) in [6, 6.07) is 9.92. The van der Waals surface area contributed by atoms with E-state index >= 15 is 0 Å². The Morgan fingerprint density at radius 3 is 2.56 bits per heavy atom. The molecule has 0 radical (unpaired) electrons. The third kappa shape index (κ3) is 5.88. The molecule has 2 N–H and O–H groups in total. The minimum Gasteiger partial charge on any atom is -0.492 e. The van der Waals surface area contributed by atoms with Gasteiger partial charge in [-0.25, -0.2) is 4.68 Å². The lowest BCUT2D eigenvalue weighted by atomic mass is 10.2. The Morgan fingerprint density at radius 2 is 1.92 bits per heavy atom. The first-order chi connectivity index (χ1) is 12.0. The molecular formula is C19H29IN4O. The average molecular weight is 456 g/mol. The Morgan fingerprint density at radius 1 is 1.20 bits per heavy atom. The number of rotatable bonds is 10. The van der Waals surface area contributed by atoms with Crippen molar-refractivity contribution in [1.29, 1.82) is 0 Å². The van der Waals surface area contributed by atoms with Crippen LogP contribution < -0.4 is 10.5 Å².